The predicted octanol–water partition coefficient (Wildman–Crippen LogP) is -1.61. The Bertz CT molecular complexity index is 1250. The Kier molecular flexibility index (Phi) is 6.39. The summed E-state index contributed by atoms with van der Waals surface area (Å²) in [5.41, 5.74) is 0.618. The number of aromatic nitrogens is 4. The summed E-state index contributed by atoms with van der Waals surface area (Å²) in [5, 5.41) is 30.5. The van der Waals surface area contributed by atoms with E-state index in [4.69, 9.17) is 9.79 Å². The molecule has 2 aliphatic heterocycles. The average Bonchev–Trinajstić information content (AvgIpc) is 2.67. The number of H-pyrrole nitrogens is 1. The fraction of sp³-hybridized carbons (Fsp3) is 0.412. The van der Waals surface area contributed by atoms with Gasteiger partial charge in [0.15, 0.2) is 11.5 Å². The number of hydrogen-bond donors (Lipinski definition) is 6. The van der Waals surface area contributed by atoms with E-state index in [-0.39, 0.29) is 11.5 Å². The number of hydrogen-bond acceptors (Lipinski definition) is 9. The van der Waals surface area contributed by atoms with Gasteiger partial charge in [0.2, 0.25) is 0 Å². The van der Waals surface area contributed by atoms with Gasteiger partial charge >= 0.3 is 13.5 Å². The Morgan fingerprint density at radius 2 is 1.74 bits per heavy atom. The van der Waals surface area contributed by atoms with Crippen molar-refractivity contribution in [2.75, 3.05) is 6.61 Å². The monoisotopic (exact) mass is 456 g/mol. The minimum atomic E-state index is -4.89. The SMILES string of the molecule is Cc1cc2nc3c(=O)[nH]c(=O)nc-3n(C[C@@H](O)[C@@H](O)[C@H](O)COP(=O)(O)O)c2cc1C. The number of nitrogens with one attached hydrogen (secondary N) is 1. The maximum absolute atomic E-state index is 12.2. The van der Waals surface area contributed by atoms with E-state index in [1.165, 1.54) is 4.57 Å². The molecule has 3 rings (SSSR count). The van der Waals surface area contributed by atoms with Crippen LogP contribution in [0.25, 0.3) is 22.6 Å². The molecule has 0 saturated heterocycles. The van der Waals surface area contributed by atoms with Crippen molar-refractivity contribution in [3.8, 4) is 11.5 Å². The highest BCUT2D eigenvalue weighted by atomic mass is 31.2. The zero-order valence-corrected chi connectivity index (χ0v) is 17.4. The predicted molar refractivity (Wildman–Crippen MR) is 107 cm³/mol. The van der Waals surface area contributed by atoms with Crippen molar-refractivity contribution in [2.45, 2.75) is 38.7 Å². The summed E-state index contributed by atoms with van der Waals surface area (Å²) in [7, 11) is -4.89. The number of aromatic amines is 1. The molecule has 0 bridgehead atoms. The fourth-order valence-electron chi connectivity index (χ4n) is 3.06. The van der Waals surface area contributed by atoms with Gasteiger partial charge in [-0.05, 0) is 37.1 Å². The molecule has 0 radical (unpaired) electrons. The lowest BCUT2D eigenvalue weighted by Crippen LogP contribution is -2.42. The van der Waals surface area contributed by atoms with Crippen LogP contribution in [0.4, 0.5) is 0 Å². The largest absolute Gasteiger partial charge is 0.469 e. The minimum absolute atomic E-state index is 0.142. The molecule has 0 unspecified atom stereocenters. The molecule has 3 atom stereocenters. The maximum atomic E-state index is 12.2. The molecular weight excluding hydrogens is 435 g/mol. The number of nitrogens with zero attached hydrogens (tertiary/aromatic N) is 3. The highest BCUT2D eigenvalue weighted by Gasteiger charge is 2.29. The van der Waals surface area contributed by atoms with E-state index < -0.39 is 50.5 Å². The Morgan fingerprint density at radius 1 is 1.10 bits per heavy atom. The first kappa shape index (κ1) is 23.2. The van der Waals surface area contributed by atoms with Crippen LogP contribution in [0.1, 0.15) is 11.1 Å². The minimum Gasteiger partial charge on any atom is -0.388 e. The Morgan fingerprint density at radius 3 is 2.39 bits per heavy atom. The van der Waals surface area contributed by atoms with Crippen LogP contribution in [0.2, 0.25) is 0 Å². The van der Waals surface area contributed by atoms with Gasteiger partial charge < -0.3 is 29.7 Å². The number of phosphoric ester groups is 1. The maximum Gasteiger partial charge on any atom is 0.469 e. The third-order valence-corrected chi connectivity index (χ3v) is 5.28. The van der Waals surface area contributed by atoms with Crippen molar-refractivity contribution in [1.82, 2.24) is 19.5 Å². The van der Waals surface area contributed by atoms with Gasteiger partial charge in [-0.1, -0.05) is 0 Å². The molecule has 0 amide bonds. The van der Waals surface area contributed by atoms with E-state index in [0.717, 1.165) is 11.1 Å². The van der Waals surface area contributed by atoms with Gasteiger partial charge in [0.25, 0.3) is 5.56 Å². The molecule has 6 N–H and O–H groups in total. The second-order valence-corrected chi connectivity index (χ2v) is 8.34. The van der Waals surface area contributed by atoms with Crippen LogP contribution in [0.5, 0.6) is 0 Å². The summed E-state index contributed by atoms with van der Waals surface area (Å²) in [6.45, 7) is 2.29. The molecule has 0 saturated carbocycles. The Hall–Kier alpha value is -2.51. The zero-order chi connectivity index (χ0) is 23.1. The van der Waals surface area contributed by atoms with E-state index in [2.05, 4.69) is 14.5 Å². The molecular formula is C17H21N4O9P. The Labute approximate surface area is 174 Å². The highest BCUT2D eigenvalue weighted by Crippen LogP contribution is 2.36. The number of fused-ring (bicyclic) bond motifs is 2. The van der Waals surface area contributed by atoms with E-state index in [1.54, 1.807) is 12.1 Å². The van der Waals surface area contributed by atoms with Crippen molar-refractivity contribution in [1.29, 1.82) is 0 Å². The van der Waals surface area contributed by atoms with Crippen LogP contribution < -0.4 is 11.2 Å². The Balaban J connectivity index is 2.06. The molecule has 1 aromatic carbocycles. The van der Waals surface area contributed by atoms with Gasteiger partial charge in [-0.2, -0.15) is 4.98 Å². The van der Waals surface area contributed by atoms with Crippen LogP contribution in [0, 0.1) is 13.8 Å². The lowest BCUT2D eigenvalue weighted by Gasteiger charge is -2.25. The van der Waals surface area contributed by atoms with E-state index in [0.29, 0.717) is 11.0 Å². The summed E-state index contributed by atoms with van der Waals surface area (Å²) in [4.78, 5) is 51.5. The van der Waals surface area contributed by atoms with Crippen LogP contribution in [0.15, 0.2) is 21.7 Å². The summed E-state index contributed by atoms with van der Waals surface area (Å²) >= 11 is 0. The summed E-state index contributed by atoms with van der Waals surface area (Å²) in [6.07, 6.45) is -5.40. The summed E-state index contributed by atoms with van der Waals surface area (Å²) < 4.78 is 16.2. The zero-order valence-electron chi connectivity index (χ0n) is 16.5. The van der Waals surface area contributed by atoms with Gasteiger partial charge in [0.05, 0.1) is 24.2 Å². The lowest BCUT2D eigenvalue weighted by atomic mass is 10.1. The van der Waals surface area contributed by atoms with Gasteiger partial charge in [-0.25, -0.2) is 14.3 Å². The number of aliphatic hydroxyl groups excluding tert-OH is 3. The fourth-order valence-corrected chi connectivity index (χ4v) is 3.41. The highest BCUT2D eigenvalue weighted by molar-refractivity contribution is 7.46. The molecule has 0 aliphatic carbocycles. The van der Waals surface area contributed by atoms with Crippen LogP contribution in [0.3, 0.4) is 0 Å². The third-order valence-electron chi connectivity index (χ3n) is 4.80. The van der Waals surface area contributed by atoms with Crippen LogP contribution in [-0.2, 0) is 15.6 Å². The van der Waals surface area contributed by atoms with Crippen molar-refractivity contribution in [2.24, 2.45) is 0 Å². The number of aliphatic hydroxyl groups is 3. The van der Waals surface area contributed by atoms with E-state index in [9.17, 15) is 29.5 Å². The van der Waals surface area contributed by atoms with Gasteiger partial charge in [0, 0.05) is 0 Å². The normalized spacial score (nSPS) is 15.3. The first-order valence-electron chi connectivity index (χ1n) is 9.03. The van der Waals surface area contributed by atoms with Gasteiger partial charge in [-0.3, -0.25) is 14.3 Å². The molecule has 0 aromatic heterocycles. The quantitative estimate of drug-likeness (QED) is 0.176. The van der Waals surface area contributed by atoms with Crippen molar-refractivity contribution < 1.29 is 34.2 Å². The third kappa shape index (κ3) is 5.05. The molecule has 0 spiro atoms. The first-order valence-corrected chi connectivity index (χ1v) is 10.6. The van der Waals surface area contributed by atoms with Crippen LogP contribution >= 0.6 is 7.82 Å². The van der Waals surface area contributed by atoms with Gasteiger partial charge in [0.1, 0.15) is 18.3 Å². The molecule has 168 valence electrons. The standard InChI is InChI=1S/C17H21N4O9P/c1-7-3-9-10(4-8(7)2)21(15-13(18-9)16(25)20-17(26)19-15)5-11(22)14(24)12(23)6-30-31(27,28)29/h3-4,11-12,14,22-24H,5-6H2,1-2H3,(H,20,25,26)(H2,27,28,29)/t11-,12-,14-/m1/s1. The van der Waals surface area contributed by atoms with Crippen LogP contribution in [-0.4, -0.2) is 69.5 Å². The molecule has 13 nitrogen and oxygen atoms in total. The molecule has 1 aromatic rings. The van der Waals surface area contributed by atoms with Crippen molar-refractivity contribution in [3.05, 3.63) is 44.1 Å². The number of phosphoric acid groups is 1. The summed E-state index contributed by atoms with van der Waals surface area (Å²) in [5.74, 6) is -0.142. The number of benzene rings is 1. The second-order valence-electron chi connectivity index (χ2n) is 7.10. The molecule has 0 fully saturated rings. The number of aryl methyl sites for hydroxylation is 2. The van der Waals surface area contributed by atoms with E-state index >= 15 is 0 Å². The molecule has 31 heavy (non-hydrogen) atoms. The smallest absolute Gasteiger partial charge is 0.388 e. The van der Waals surface area contributed by atoms with Gasteiger partial charge in [-0.15, -0.1) is 0 Å². The van der Waals surface area contributed by atoms with Crippen molar-refractivity contribution >= 4 is 18.9 Å². The van der Waals surface area contributed by atoms with Crippen molar-refractivity contribution in [3.63, 3.8) is 0 Å². The molecule has 2 heterocycles. The first-order chi connectivity index (χ1) is 14.4. The van der Waals surface area contributed by atoms with E-state index in [1.807, 2.05) is 18.8 Å². The molecule has 2 aliphatic rings. The second kappa shape index (κ2) is 8.55. The lowest BCUT2D eigenvalue weighted by molar-refractivity contribution is -0.0793. The summed E-state index contributed by atoms with van der Waals surface area (Å²) in [6, 6.07) is 3.41. The molecule has 14 heteroatoms. The average molecular weight is 456 g/mol. The number of rotatable bonds is 7. The topological polar surface area (TPSA) is 208 Å².